The van der Waals surface area contributed by atoms with Crippen molar-refractivity contribution in [2.75, 3.05) is 38.2 Å². The van der Waals surface area contributed by atoms with Gasteiger partial charge in [-0.25, -0.2) is 8.42 Å². The number of nitrogens with zero attached hydrogens (tertiary/aromatic N) is 1. The molecular formula is C20H24N2O5S. The lowest BCUT2D eigenvalue weighted by Gasteiger charge is -2.26. The lowest BCUT2D eigenvalue weighted by atomic mass is 10.1. The SMILES string of the molecule is CCOc1ccc(S(=O)(=O)N2CCOCC2)cc1NC(=O)c1ccccc1C. The fourth-order valence-corrected chi connectivity index (χ4v) is 4.44. The summed E-state index contributed by atoms with van der Waals surface area (Å²) < 4.78 is 38.1. The van der Waals surface area contributed by atoms with Crippen LogP contribution in [0.3, 0.4) is 0 Å². The zero-order valence-electron chi connectivity index (χ0n) is 16.0. The molecule has 1 fully saturated rings. The molecule has 28 heavy (non-hydrogen) atoms. The summed E-state index contributed by atoms with van der Waals surface area (Å²) >= 11 is 0. The van der Waals surface area contributed by atoms with Gasteiger partial charge in [0, 0.05) is 18.7 Å². The van der Waals surface area contributed by atoms with E-state index in [0.29, 0.717) is 49.9 Å². The average molecular weight is 404 g/mol. The van der Waals surface area contributed by atoms with Crippen LogP contribution >= 0.6 is 0 Å². The maximum atomic E-state index is 12.9. The van der Waals surface area contributed by atoms with Crippen LogP contribution in [-0.2, 0) is 14.8 Å². The van der Waals surface area contributed by atoms with Crippen molar-refractivity contribution in [3.8, 4) is 5.75 Å². The van der Waals surface area contributed by atoms with E-state index in [1.165, 1.54) is 16.4 Å². The summed E-state index contributed by atoms with van der Waals surface area (Å²) in [5.41, 5.74) is 1.67. The lowest BCUT2D eigenvalue weighted by molar-refractivity contribution is 0.0730. The van der Waals surface area contributed by atoms with Gasteiger partial charge < -0.3 is 14.8 Å². The van der Waals surface area contributed by atoms with Crippen molar-refractivity contribution in [1.82, 2.24) is 4.31 Å². The number of hydrogen-bond donors (Lipinski definition) is 1. The highest BCUT2D eigenvalue weighted by Gasteiger charge is 2.27. The second-order valence-corrected chi connectivity index (χ2v) is 8.31. The summed E-state index contributed by atoms with van der Waals surface area (Å²) in [5, 5.41) is 2.80. The molecule has 1 saturated heterocycles. The number of morpholine rings is 1. The third kappa shape index (κ3) is 4.35. The van der Waals surface area contributed by atoms with E-state index < -0.39 is 10.0 Å². The van der Waals surface area contributed by atoms with Gasteiger partial charge in [0.25, 0.3) is 5.91 Å². The quantitative estimate of drug-likeness (QED) is 0.800. The largest absolute Gasteiger partial charge is 0.492 e. The van der Waals surface area contributed by atoms with Crippen molar-refractivity contribution < 1.29 is 22.7 Å². The number of hydrogen-bond acceptors (Lipinski definition) is 5. The molecule has 0 unspecified atom stereocenters. The predicted molar refractivity (Wildman–Crippen MR) is 106 cm³/mol. The molecule has 0 saturated carbocycles. The maximum Gasteiger partial charge on any atom is 0.256 e. The summed E-state index contributed by atoms with van der Waals surface area (Å²) in [4.78, 5) is 12.8. The van der Waals surface area contributed by atoms with Gasteiger partial charge in [0.15, 0.2) is 0 Å². The number of sulfonamides is 1. The minimum Gasteiger partial charge on any atom is -0.492 e. The molecule has 0 atom stereocenters. The lowest BCUT2D eigenvalue weighted by Crippen LogP contribution is -2.40. The first kappa shape index (κ1) is 20.3. The van der Waals surface area contributed by atoms with Gasteiger partial charge in [0.05, 0.1) is 30.4 Å². The minimum atomic E-state index is -3.68. The van der Waals surface area contributed by atoms with Crippen molar-refractivity contribution in [3.63, 3.8) is 0 Å². The molecule has 0 radical (unpaired) electrons. The topological polar surface area (TPSA) is 84.9 Å². The first-order valence-electron chi connectivity index (χ1n) is 9.15. The summed E-state index contributed by atoms with van der Waals surface area (Å²) in [7, 11) is -3.68. The zero-order valence-corrected chi connectivity index (χ0v) is 16.8. The second kappa shape index (κ2) is 8.72. The molecule has 2 aromatic rings. The fraction of sp³-hybridized carbons (Fsp3) is 0.350. The molecule has 150 valence electrons. The van der Waals surface area contributed by atoms with Crippen molar-refractivity contribution >= 4 is 21.6 Å². The van der Waals surface area contributed by atoms with Gasteiger partial charge in [-0.15, -0.1) is 0 Å². The highest BCUT2D eigenvalue weighted by molar-refractivity contribution is 7.89. The van der Waals surface area contributed by atoms with Gasteiger partial charge in [-0.3, -0.25) is 4.79 Å². The summed E-state index contributed by atoms with van der Waals surface area (Å²) in [6.07, 6.45) is 0. The number of anilines is 1. The standard InChI is InChI=1S/C20H24N2O5S/c1-3-27-19-9-8-16(28(24,25)22-10-12-26-13-11-22)14-18(19)21-20(23)17-7-5-4-6-15(17)2/h4-9,14H,3,10-13H2,1-2H3,(H,21,23). The van der Waals surface area contributed by atoms with Gasteiger partial charge in [-0.1, -0.05) is 18.2 Å². The number of benzene rings is 2. The van der Waals surface area contributed by atoms with Gasteiger partial charge in [0.2, 0.25) is 10.0 Å². The molecule has 8 heteroatoms. The Labute approximate surface area is 165 Å². The number of carbonyl (C=O) groups is 1. The first-order valence-corrected chi connectivity index (χ1v) is 10.6. The molecular weight excluding hydrogens is 380 g/mol. The Morgan fingerprint density at radius 2 is 1.89 bits per heavy atom. The van der Waals surface area contributed by atoms with Gasteiger partial charge >= 0.3 is 0 Å². The molecule has 2 aromatic carbocycles. The number of carbonyl (C=O) groups excluding carboxylic acids is 1. The molecule has 1 heterocycles. The Hall–Kier alpha value is -2.42. The van der Waals surface area contributed by atoms with Crippen molar-refractivity contribution in [2.45, 2.75) is 18.7 Å². The highest BCUT2D eigenvalue weighted by Crippen LogP contribution is 2.30. The Balaban J connectivity index is 1.93. The van der Waals surface area contributed by atoms with E-state index in [4.69, 9.17) is 9.47 Å². The zero-order chi connectivity index (χ0) is 20.1. The van der Waals surface area contributed by atoms with Gasteiger partial charge in [0.1, 0.15) is 5.75 Å². The van der Waals surface area contributed by atoms with Crippen LogP contribution in [-0.4, -0.2) is 51.5 Å². The van der Waals surface area contributed by atoms with Crippen molar-refractivity contribution in [1.29, 1.82) is 0 Å². The molecule has 0 aliphatic carbocycles. The Morgan fingerprint density at radius 1 is 1.18 bits per heavy atom. The summed E-state index contributed by atoms with van der Waals surface area (Å²) in [6, 6.07) is 11.7. The molecule has 1 N–H and O–H groups in total. The monoisotopic (exact) mass is 404 g/mol. The summed E-state index contributed by atoms with van der Waals surface area (Å²) in [6.45, 7) is 5.41. The normalized spacial score (nSPS) is 15.2. The molecule has 1 aliphatic rings. The third-order valence-electron chi connectivity index (χ3n) is 4.50. The van der Waals surface area contributed by atoms with E-state index in [0.717, 1.165) is 5.56 Å². The molecule has 0 aromatic heterocycles. The van der Waals surface area contributed by atoms with Gasteiger partial charge in [-0.2, -0.15) is 4.31 Å². The molecule has 1 aliphatic heterocycles. The van der Waals surface area contributed by atoms with E-state index >= 15 is 0 Å². The van der Waals surface area contributed by atoms with Crippen molar-refractivity contribution in [3.05, 3.63) is 53.6 Å². The van der Waals surface area contributed by atoms with Crippen LogP contribution in [0.4, 0.5) is 5.69 Å². The first-order chi connectivity index (χ1) is 13.4. The van der Waals surface area contributed by atoms with Crippen LogP contribution < -0.4 is 10.1 Å². The number of aryl methyl sites for hydroxylation is 1. The van der Waals surface area contributed by atoms with Crippen molar-refractivity contribution in [2.24, 2.45) is 0 Å². The Kier molecular flexibility index (Phi) is 6.33. The predicted octanol–water partition coefficient (Wildman–Crippen LogP) is 2.67. The number of ether oxygens (including phenoxy) is 2. The van der Waals surface area contributed by atoms with E-state index in [1.54, 1.807) is 18.2 Å². The number of amides is 1. The van der Waals surface area contributed by atoms with Crippen LogP contribution in [0.25, 0.3) is 0 Å². The van der Waals surface area contributed by atoms with Crippen LogP contribution in [0.1, 0.15) is 22.8 Å². The van der Waals surface area contributed by atoms with Crippen LogP contribution in [0, 0.1) is 6.92 Å². The average Bonchev–Trinajstić information content (AvgIpc) is 2.70. The number of rotatable bonds is 6. The molecule has 0 spiro atoms. The summed E-state index contributed by atoms with van der Waals surface area (Å²) in [5.74, 6) is 0.102. The van der Waals surface area contributed by atoms with Gasteiger partial charge in [-0.05, 0) is 43.7 Å². The highest BCUT2D eigenvalue weighted by atomic mass is 32.2. The molecule has 7 nitrogen and oxygen atoms in total. The molecule has 3 rings (SSSR count). The molecule has 0 bridgehead atoms. The maximum absolute atomic E-state index is 12.9. The van der Waals surface area contributed by atoms with Crippen LogP contribution in [0.5, 0.6) is 5.75 Å². The second-order valence-electron chi connectivity index (χ2n) is 6.38. The van der Waals surface area contributed by atoms with E-state index in [9.17, 15) is 13.2 Å². The van der Waals surface area contributed by atoms with E-state index in [1.807, 2.05) is 26.0 Å². The minimum absolute atomic E-state index is 0.109. The number of nitrogens with one attached hydrogen (secondary N) is 1. The fourth-order valence-electron chi connectivity index (χ4n) is 3.00. The smallest absolute Gasteiger partial charge is 0.256 e. The van der Waals surface area contributed by atoms with Crippen LogP contribution in [0.15, 0.2) is 47.4 Å². The van der Waals surface area contributed by atoms with E-state index in [2.05, 4.69) is 5.32 Å². The Morgan fingerprint density at radius 3 is 2.57 bits per heavy atom. The third-order valence-corrected chi connectivity index (χ3v) is 6.39. The van der Waals surface area contributed by atoms with Crippen LogP contribution in [0.2, 0.25) is 0 Å². The molecule has 1 amide bonds. The van der Waals surface area contributed by atoms with E-state index in [-0.39, 0.29) is 10.8 Å². The Bertz CT molecular complexity index is 953.